The zero-order valence-electron chi connectivity index (χ0n) is 8.21. The zero-order chi connectivity index (χ0) is 9.03. The molecule has 0 aliphatic heterocycles. The molecule has 0 heterocycles. The van der Waals surface area contributed by atoms with E-state index in [0.29, 0.717) is 0 Å². The van der Waals surface area contributed by atoms with Gasteiger partial charge < -0.3 is 5.11 Å². The van der Waals surface area contributed by atoms with Gasteiger partial charge in [0.25, 0.3) is 0 Å². The van der Waals surface area contributed by atoms with Crippen molar-refractivity contribution < 1.29 is 5.11 Å². The Kier molecular flexibility index (Phi) is 3.33. The van der Waals surface area contributed by atoms with Crippen LogP contribution in [0, 0.1) is 5.92 Å². The first-order chi connectivity index (χ1) is 5.58. The Balaban J connectivity index is 2.33. The fourth-order valence-corrected chi connectivity index (χ4v) is 1.70. The van der Waals surface area contributed by atoms with Gasteiger partial charge in [-0.2, -0.15) is 0 Å². The van der Waals surface area contributed by atoms with E-state index in [1.807, 2.05) is 19.9 Å². The average molecular weight is 168 g/mol. The van der Waals surface area contributed by atoms with Crippen molar-refractivity contribution in [3.8, 4) is 0 Å². The number of rotatable bonds is 2. The number of hydrogen-bond acceptors (Lipinski definition) is 1. The molecule has 1 N–H and O–H groups in total. The quantitative estimate of drug-likeness (QED) is 0.629. The Labute approximate surface area is 75.5 Å². The van der Waals surface area contributed by atoms with E-state index in [1.165, 1.54) is 32.1 Å². The molecule has 0 atom stereocenters. The SMILES string of the molecule is CC(C)(O)/C=C/C1CCCCC1. The van der Waals surface area contributed by atoms with Crippen LogP contribution in [0.1, 0.15) is 46.0 Å². The van der Waals surface area contributed by atoms with Crippen LogP contribution in [0.5, 0.6) is 0 Å². The van der Waals surface area contributed by atoms with Crippen LogP contribution in [-0.2, 0) is 0 Å². The summed E-state index contributed by atoms with van der Waals surface area (Å²) in [6.07, 6.45) is 10.9. The van der Waals surface area contributed by atoms with Crippen molar-refractivity contribution in [2.45, 2.75) is 51.6 Å². The minimum Gasteiger partial charge on any atom is -0.386 e. The van der Waals surface area contributed by atoms with Crippen molar-refractivity contribution in [2.75, 3.05) is 0 Å². The van der Waals surface area contributed by atoms with E-state index >= 15 is 0 Å². The van der Waals surface area contributed by atoms with Crippen LogP contribution in [0.4, 0.5) is 0 Å². The lowest BCUT2D eigenvalue weighted by molar-refractivity contribution is 0.132. The van der Waals surface area contributed by atoms with E-state index in [2.05, 4.69) is 6.08 Å². The van der Waals surface area contributed by atoms with E-state index < -0.39 is 5.60 Å². The molecular formula is C11H20O. The van der Waals surface area contributed by atoms with E-state index in [1.54, 1.807) is 0 Å². The molecule has 1 rings (SSSR count). The lowest BCUT2D eigenvalue weighted by Crippen LogP contribution is -2.15. The van der Waals surface area contributed by atoms with Crippen LogP contribution in [0.3, 0.4) is 0 Å². The van der Waals surface area contributed by atoms with Crippen molar-refractivity contribution in [3.05, 3.63) is 12.2 Å². The Morgan fingerprint density at radius 2 is 1.75 bits per heavy atom. The highest BCUT2D eigenvalue weighted by molar-refractivity contribution is 4.98. The Bertz CT molecular complexity index is 147. The van der Waals surface area contributed by atoms with Crippen LogP contribution >= 0.6 is 0 Å². The predicted octanol–water partition coefficient (Wildman–Crippen LogP) is 2.89. The number of aliphatic hydroxyl groups is 1. The molecule has 1 aliphatic rings. The second-order valence-corrected chi connectivity index (χ2v) is 4.41. The molecule has 0 saturated heterocycles. The van der Waals surface area contributed by atoms with Crippen LogP contribution < -0.4 is 0 Å². The predicted molar refractivity (Wildman–Crippen MR) is 52.0 cm³/mol. The van der Waals surface area contributed by atoms with Gasteiger partial charge in [0.2, 0.25) is 0 Å². The smallest absolute Gasteiger partial charge is 0.0771 e. The van der Waals surface area contributed by atoms with Gasteiger partial charge in [-0.15, -0.1) is 0 Å². The van der Waals surface area contributed by atoms with E-state index in [-0.39, 0.29) is 0 Å². The summed E-state index contributed by atoms with van der Waals surface area (Å²) in [5.41, 5.74) is -0.628. The van der Waals surface area contributed by atoms with Crippen molar-refractivity contribution in [2.24, 2.45) is 5.92 Å². The zero-order valence-corrected chi connectivity index (χ0v) is 8.21. The van der Waals surface area contributed by atoms with Crippen molar-refractivity contribution >= 4 is 0 Å². The van der Waals surface area contributed by atoms with Gasteiger partial charge in [0.15, 0.2) is 0 Å². The summed E-state index contributed by atoms with van der Waals surface area (Å²) in [5, 5.41) is 9.46. The largest absolute Gasteiger partial charge is 0.386 e. The first-order valence-corrected chi connectivity index (χ1v) is 5.00. The van der Waals surface area contributed by atoms with Gasteiger partial charge in [-0.3, -0.25) is 0 Å². The Morgan fingerprint density at radius 1 is 1.17 bits per heavy atom. The minimum atomic E-state index is -0.628. The van der Waals surface area contributed by atoms with Gasteiger partial charge in [0, 0.05) is 0 Å². The third-order valence-electron chi connectivity index (χ3n) is 2.43. The van der Waals surface area contributed by atoms with Gasteiger partial charge in [-0.05, 0) is 32.6 Å². The fraction of sp³-hybridized carbons (Fsp3) is 0.818. The topological polar surface area (TPSA) is 20.2 Å². The summed E-state index contributed by atoms with van der Waals surface area (Å²) < 4.78 is 0. The summed E-state index contributed by atoms with van der Waals surface area (Å²) >= 11 is 0. The van der Waals surface area contributed by atoms with Crippen LogP contribution in [0.15, 0.2) is 12.2 Å². The van der Waals surface area contributed by atoms with E-state index in [4.69, 9.17) is 0 Å². The van der Waals surface area contributed by atoms with Gasteiger partial charge in [0.05, 0.1) is 5.60 Å². The number of allylic oxidation sites excluding steroid dienone is 1. The van der Waals surface area contributed by atoms with Crippen molar-refractivity contribution in [1.82, 2.24) is 0 Å². The molecule has 12 heavy (non-hydrogen) atoms. The highest BCUT2D eigenvalue weighted by Gasteiger charge is 2.12. The summed E-state index contributed by atoms with van der Waals surface area (Å²) in [4.78, 5) is 0. The maximum Gasteiger partial charge on any atom is 0.0771 e. The van der Waals surface area contributed by atoms with Crippen molar-refractivity contribution in [1.29, 1.82) is 0 Å². The van der Waals surface area contributed by atoms with Gasteiger partial charge in [-0.25, -0.2) is 0 Å². The molecule has 1 nitrogen and oxygen atoms in total. The minimum absolute atomic E-state index is 0.628. The lowest BCUT2D eigenvalue weighted by Gasteiger charge is -2.19. The average Bonchev–Trinajstić information content (AvgIpc) is 2.02. The van der Waals surface area contributed by atoms with Crippen LogP contribution in [0.25, 0.3) is 0 Å². The molecular weight excluding hydrogens is 148 g/mol. The van der Waals surface area contributed by atoms with Gasteiger partial charge >= 0.3 is 0 Å². The molecule has 70 valence electrons. The second-order valence-electron chi connectivity index (χ2n) is 4.41. The van der Waals surface area contributed by atoms with Crippen LogP contribution in [-0.4, -0.2) is 10.7 Å². The highest BCUT2D eigenvalue weighted by Crippen LogP contribution is 2.25. The molecule has 0 radical (unpaired) electrons. The monoisotopic (exact) mass is 168 g/mol. The van der Waals surface area contributed by atoms with Crippen molar-refractivity contribution in [3.63, 3.8) is 0 Å². The van der Waals surface area contributed by atoms with Crippen LogP contribution in [0.2, 0.25) is 0 Å². The highest BCUT2D eigenvalue weighted by atomic mass is 16.3. The molecule has 0 aromatic heterocycles. The van der Waals surface area contributed by atoms with E-state index in [0.717, 1.165) is 5.92 Å². The molecule has 1 fully saturated rings. The Morgan fingerprint density at radius 3 is 2.25 bits per heavy atom. The Hall–Kier alpha value is -0.300. The molecule has 0 aromatic carbocycles. The molecule has 1 heteroatoms. The maximum absolute atomic E-state index is 9.46. The standard InChI is InChI=1S/C11H20O/c1-11(2,12)9-8-10-6-4-3-5-7-10/h8-10,12H,3-7H2,1-2H3/b9-8+. The van der Waals surface area contributed by atoms with E-state index in [9.17, 15) is 5.11 Å². The van der Waals surface area contributed by atoms with Gasteiger partial charge in [0.1, 0.15) is 0 Å². The third kappa shape index (κ3) is 3.91. The molecule has 0 aromatic rings. The molecule has 1 aliphatic carbocycles. The fourth-order valence-electron chi connectivity index (χ4n) is 1.70. The molecule has 1 saturated carbocycles. The lowest BCUT2D eigenvalue weighted by atomic mass is 9.88. The number of hydrogen-bond donors (Lipinski definition) is 1. The molecule has 0 bridgehead atoms. The second kappa shape index (κ2) is 4.08. The summed E-state index contributed by atoms with van der Waals surface area (Å²) in [5.74, 6) is 0.727. The first kappa shape index (κ1) is 9.79. The third-order valence-corrected chi connectivity index (χ3v) is 2.43. The normalized spacial score (nSPS) is 21.9. The summed E-state index contributed by atoms with van der Waals surface area (Å²) in [7, 11) is 0. The summed E-state index contributed by atoms with van der Waals surface area (Å²) in [6, 6.07) is 0. The summed E-state index contributed by atoms with van der Waals surface area (Å²) in [6.45, 7) is 3.65. The molecule has 0 spiro atoms. The van der Waals surface area contributed by atoms with Gasteiger partial charge in [-0.1, -0.05) is 31.4 Å². The molecule has 0 unspecified atom stereocenters. The molecule has 0 amide bonds. The maximum atomic E-state index is 9.46. The first-order valence-electron chi connectivity index (χ1n) is 5.00.